The molecule has 2 unspecified atom stereocenters. The van der Waals surface area contributed by atoms with Crippen molar-refractivity contribution in [2.75, 3.05) is 13.1 Å². The third-order valence-corrected chi connectivity index (χ3v) is 2.46. The maximum absolute atomic E-state index is 10.9. The van der Waals surface area contributed by atoms with Crippen LogP contribution in [0.2, 0.25) is 0 Å². The molecule has 0 aromatic rings. The number of rotatable bonds is 1. The summed E-state index contributed by atoms with van der Waals surface area (Å²) in [5.74, 6) is 0.662. The van der Waals surface area contributed by atoms with Crippen LogP contribution in [-0.4, -0.2) is 29.9 Å². The van der Waals surface area contributed by atoms with Crippen molar-refractivity contribution in [3.05, 3.63) is 0 Å². The largest absolute Gasteiger partial charge is 0.341 e. The molecule has 3 heteroatoms. The Hall–Kier alpha value is -0.570. The Balaban J connectivity index is 2.49. The van der Waals surface area contributed by atoms with E-state index in [1.807, 2.05) is 4.90 Å². The van der Waals surface area contributed by atoms with E-state index in [9.17, 15) is 4.79 Å². The maximum Gasteiger partial charge on any atom is 0.219 e. The van der Waals surface area contributed by atoms with Crippen LogP contribution in [0.5, 0.6) is 0 Å². The molecule has 0 aliphatic carbocycles. The molecule has 1 saturated heterocycles. The molecule has 0 saturated carbocycles. The minimum Gasteiger partial charge on any atom is -0.341 e. The molecule has 0 aromatic heterocycles. The number of carbonyl (C=O) groups excluding carboxylic acids is 1. The van der Waals surface area contributed by atoms with Gasteiger partial charge in [-0.15, -0.1) is 0 Å². The summed E-state index contributed by atoms with van der Waals surface area (Å²) in [5.41, 5.74) is 5.82. The van der Waals surface area contributed by atoms with Gasteiger partial charge in [0.1, 0.15) is 0 Å². The molecule has 1 rings (SSSR count). The number of nitrogens with zero attached hydrogens (tertiary/aromatic N) is 1. The second-order valence-corrected chi connectivity index (χ2v) is 3.26. The predicted octanol–water partition coefficient (Wildman–Crippen LogP) is 0.202. The molecule has 64 valence electrons. The average molecular weight is 156 g/mol. The fourth-order valence-corrected chi connectivity index (χ4v) is 1.59. The van der Waals surface area contributed by atoms with Gasteiger partial charge in [0, 0.05) is 26.1 Å². The van der Waals surface area contributed by atoms with Crippen LogP contribution in [-0.2, 0) is 4.79 Å². The highest BCUT2D eigenvalue weighted by Gasteiger charge is 2.29. The van der Waals surface area contributed by atoms with E-state index in [1.165, 1.54) is 0 Å². The van der Waals surface area contributed by atoms with Crippen molar-refractivity contribution in [3.8, 4) is 0 Å². The zero-order chi connectivity index (χ0) is 8.43. The van der Waals surface area contributed by atoms with Gasteiger partial charge in [0.25, 0.3) is 0 Å². The first-order chi connectivity index (χ1) is 5.15. The summed E-state index contributed by atoms with van der Waals surface area (Å²) in [7, 11) is 0. The zero-order valence-electron chi connectivity index (χ0n) is 7.21. The van der Waals surface area contributed by atoms with Gasteiger partial charge in [0.05, 0.1) is 0 Å². The van der Waals surface area contributed by atoms with E-state index in [0.29, 0.717) is 5.92 Å². The van der Waals surface area contributed by atoms with Crippen molar-refractivity contribution in [3.63, 3.8) is 0 Å². The lowest BCUT2D eigenvalue weighted by atomic mass is 10.0. The highest BCUT2D eigenvalue weighted by molar-refractivity contribution is 5.73. The van der Waals surface area contributed by atoms with E-state index < -0.39 is 0 Å². The topological polar surface area (TPSA) is 46.3 Å². The van der Waals surface area contributed by atoms with Gasteiger partial charge in [0.2, 0.25) is 5.91 Å². The molecule has 0 radical (unpaired) electrons. The lowest BCUT2D eigenvalue weighted by molar-refractivity contribution is -0.127. The molecule has 0 spiro atoms. The fraction of sp³-hybridized carbons (Fsp3) is 0.875. The van der Waals surface area contributed by atoms with Crippen molar-refractivity contribution in [2.45, 2.75) is 26.3 Å². The maximum atomic E-state index is 10.9. The van der Waals surface area contributed by atoms with Gasteiger partial charge >= 0.3 is 0 Å². The van der Waals surface area contributed by atoms with E-state index >= 15 is 0 Å². The Morgan fingerprint density at radius 3 is 2.55 bits per heavy atom. The molecular weight excluding hydrogens is 140 g/mol. The summed E-state index contributed by atoms with van der Waals surface area (Å²) in [6.45, 7) is 5.32. The molecule has 11 heavy (non-hydrogen) atoms. The number of nitrogens with two attached hydrogens (primary N) is 1. The van der Waals surface area contributed by atoms with Crippen molar-refractivity contribution < 1.29 is 4.79 Å². The van der Waals surface area contributed by atoms with Crippen LogP contribution < -0.4 is 5.73 Å². The summed E-state index contributed by atoms with van der Waals surface area (Å²) in [6, 6.07) is 0.198. The van der Waals surface area contributed by atoms with Crippen molar-refractivity contribution in [1.29, 1.82) is 0 Å². The minimum atomic E-state index is 0.149. The molecule has 2 atom stereocenters. The van der Waals surface area contributed by atoms with Crippen LogP contribution in [0.1, 0.15) is 20.3 Å². The van der Waals surface area contributed by atoms with Crippen LogP contribution in [0.15, 0.2) is 0 Å². The number of hydrogen-bond acceptors (Lipinski definition) is 2. The first kappa shape index (κ1) is 8.53. The highest BCUT2D eigenvalue weighted by atomic mass is 16.2. The normalized spacial score (nSPS) is 31.0. The molecular formula is C8H16N2O. The second-order valence-electron chi connectivity index (χ2n) is 3.26. The third kappa shape index (κ3) is 1.71. The summed E-state index contributed by atoms with van der Waals surface area (Å²) in [4.78, 5) is 12.8. The molecule has 1 aliphatic rings. The van der Waals surface area contributed by atoms with Gasteiger partial charge in [-0.1, -0.05) is 13.3 Å². The van der Waals surface area contributed by atoms with Crippen LogP contribution in [0.3, 0.4) is 0 Å². The van der Waals surface area contributed by atoms with Crippen LogP contribution in [0, 0.1) is 5.92 Å². The molecule has 1 heterocycles. The number of likely N-dealkylation sites (tertiary alicyclic amines) is 1. The standard InChI is InChI=1S/C8H16N2O/c1-3-7-4-10(6(2)11)5-8(7)9/h7-8H,3-5,9H2,1-2H3. The SMILES string of the molecule is CCC1CN(C(C)=O)CC1N. The van der Waals surface area contributed by atoms with E-state index in [2.05, 4.69) is 6.92 Å². The first-order valence-corrected chi connectivity index (χ1v) is 4.16. The van der Waals surface area contributed by atoms with E-state index in [4.69, 9.17) is 5.73 Å². The second kappa shape index (κ2) is 3.22. The summed E-state index contributed by atoms with van der Waals surface area (Å²) in [6.07, 6.45) is 1.07. The van der Waals surface area contributed by atoms with Crippen LogP contribution in [0.4, 0.5) is 0 Å². The minimum absolute atomic E-state index is 0.149. The van der Waals surface area contributed by atoms with Gasteiger partial charge in [-0.2, -0.15) is 0 Å². The number of hydrogen-bond donors (Lipinski definition) is 1. The van der Waals surface area contributed by atoms with Crippen LogP contribution in [0.25, 0.3) is 0 Å². The lowest BCUT2D eigenvalue weighted by Gasteiger charge is -2.12. The monoisotopic (exact) mass is 156 g/mol. The Kier molecular flexibility index (Phi) is 2.49. The third-order valence-electron chi connectivity index (χ3n) is 2.46. The highest BCUT2D eigenvalue weighted by Crippen LogP contribution is 2.17. The van der Waals surface area contributed by atoms with E-state index in [1.54, 1.807) is 6.92 Å². The molecule has 2 N–H and O–H groups in total. The van der Waals surface area contributed by atoms with Gasteiger partial charge in [-0.05, 0) is 5.92 Å². The first-order valence-electron chi connectivity index (χ1n) is 4.16. The smallest absolute Gasteiger partial charge is 0.219 e. The van der Waals surface area contributed by atoms with Crippen LogP contribution >= 0.6 is 0 Å². The summed E-state index contributed by atoms with van der Waals surface area (Å²) in [5, 5.41) is 0. The van der Waals surface area contributed by atoms with E-state index in [-0.39, 0.29) is 11.9 Å². The van der Waals surface area contributed by atoms with Gasteiger partial charge in [-0.3, -0.25) is 4.79 Å². The van der Waals surface area contributed by atoms with Crippen molar-refractivity contribution in [1.82, 2.24) is 4.90 Å². The Morgan fingerprint density at radius 1 is 1.64 bits per heavy atom. The molecule has 1 aliphatic heterocycles. The Bertz CT molecular complexity index is 158. The molecule has 3 nitrogen and oxygen atoms in total. The summed E-state index contributed by atoms with van der Waals surface area (Å²) < 4.78 is 0. The molecule has 1 amide bonds. The van der Waals surface area contributed by atoms with Gasteiger partial charge in [-0.25, -0.2) is 0 Å². The Morgan fingerprint density at radius 2 is 2.27 bits per heavy atom. The molecule has 0 bridgehead atoms. The lowest BCUT2D eigenvalue weighted by Crippen LogP contribution is -2.30. The quantitative estimate of drug-likeness (QED) is 0.589. The molecule has 0 aromatic carbocycles. The zero-order valence-corrected chi connectivity index (χ0v) is 7.21. The van der Waals surface area contributed by atoms with E-state index in [0.717, 1.165) is 19.5 Å². The predicted molar refractivity (Wildman–Crippen MR) is 44.0 cm³/mol. The number of amides is 1. The van der Waals surface area contributed by atoms with Gasteiger partial charge < -0.3 is 10.6 Å². The van der Waals surface area contributed by atoms with Gasteiger partial charge in [0.15, 0.2) is 0 Å². The average Bonchev–Trinajstić information content (AvgIpc) is 2.31. The van der Waals surface area contributed by atoms with Crippen molar-refractivity contribution >= 4 is 5.91 Å². The molecule has 1 fully saturated rings. The Labute approximate surface area is 67.5 Å². The summed E-state index contributed by atoms with van der Waals surface area (Å²) >= 11 is 0. The fourth-order valence-electron chi connectivity index (χ4n) is 1.59. The number of carbonyl (C=O) groups is 1. The van der Waals surface area contributed by atoms with Crippen molar-refractivity contribution in [2.24, 2.45) is 11.7 Å².